The SMILES string of the molecule is O=C1C=CN=C1I. The van der Waals surface area contributed by atoms with Crippen molar-refractivity contribution in [3.8, 4) is 0 Å². The van der Waals surface area contributed by atoms with E-state index in [0.29, 0.717) is 3.72 Å². The third-order valence-electron chi connectivity index (χ3n) is 0.617. The number of ketones is 1. The summed E-state index contributed by atoms with van der Waals surface area (Å²) < 4.78 is 0.553. The molecule has 0 atom stereocenters. The first-order valence-corrected chi connectivity index (χ1v) is 2.83. The Morgan fingerprint density at radius 1 is 1.71 bits per heavy atom. The standard InChI is InChI=1S/C4H2INO/c5-4-3(7)1-2-6-4/h1-2H. The maximum absolute atomic E-state index is 10.3. The van der Waals surface area contributed by atoms with Crippen molar-refractivity contribution < 1.29 is 4.79 Å². The highest BCUT2D eigenvalue weighted by molar-refractivity contribution is 14.1. The summed E-state index contributed by atoms with van der Waals surface area (Å²) in [5.74, 6) is 0.0144. The topological polar surface area (TPSA) is 29.4 Å². The van der Waals surface area contributed by atoms with Crippen LogP contribution >= 0.6 is 22.6 Å². The normalized spacial score (nSPS) is 17.9. The summed E-state index contributed by atoms with van der Waals surface area (Å²) in [6.45, 7) is 0. The molecule has 0 radical (unpaired) electrons. The summed E-state index contributed by atoms with van der Waals surface area (Å²) in [4.78, 5) is 14.0. The molecule has 1 rings (SSSR count). The van der Waals surface area contributed by atoms with Crippen molar-refractivity contribution in [2.45, 2.75) is 0 Å². The molecule has 0 saturated carbocycles. The molecule has 0 fully saturated rings. The van der Waals surface area contributed by atoms with E-state index in [1.807, 2.05) is 22.6 Å². The summed E-state index contributed by atoms with van der Waals surface area (Å²) in [6, 6.07) is 0. The summed E-state index contributed by atoms with van der Waals surface area (Å²) in [5, 5.41) is 0. The molecule has 1 aliphatic rings. The van der Waals surface area contributed by atoms with Crippen molar-refractivity contribution in [3.63, 3.8) is 0 Å². The van der Waals surface area contributed by atoms with Crippen molar-refractivity contribution in [1.82, 2.24) is 0 Å². The zero-order valence-corrected chi connectivity index (χ0v) is 5.55. The van der Waals surface area contributed by atoms with Crippen LogP contribution in [0.3, 0.4) is 0 Å². The van der Waals surface area contributed by atoms with Gasteiger partial charge < -0.3 is 0 Å². The van der Waals surface area contributed by atoms with Gasteiger partial charge in [-0.15, -0.1) is 0 Å². The fraction of sp³-hybridized carbons (Fsp3) is 0. The summed E-state index contributed by atoms with van der Waals surface area (Å²) >= 11 is 1.90. The Balaban J connectivity index is 2.89. The Hall–Kier alpha value is -0.190. The Bertz CT molecular complexity index is 159. The van der Waals surface area contributed by atoms with Crippen LogP contribution in [-0.2, 0) is 4.79 Å². The number of nitrogens with zero attached hydrogens (tertiary/aromatic N) is 1. The molecule has 0 bridgehead atoms. The van der Waals surface area contributed by atoms with E-state index >= 15 is 0 Å². The summed E-state index contributed by atoms with van der Waals surface area (Å²) in [7, 11) is 0. The molecule has 0 aromatic rings. The second kappa shape index (κ2) is 1.73. The largest absolute Gasteiger partial charge is 0.287 e. The van der Waals surface area contributed by atoms with Gasteiger partial charge in [-0.3, -0.25) is 4.79 Å². The first kappa shape index (κ1) is 4.96. The molecule has 0 aromatic carbocycles. The number of carbonyl (C=O) groups excluding carboxylic acids is 1. The first-order valence-electron chi connectivity index (χ1n) is 1.75. The number of aliphatic imine (C=N–C) groups is 1. The van der Waals surface area contributed by atoms with Crippen LogP contribution in [0.15, 0.2) is 17.3 Å². The molecule has 3 heteroatoms. The Kier molecular flexibility index (Phi) is 1.23. The molecule has 1 heterocycles. The van der Waals surface area contributed by atoms with Crippen LogP contribution in [0.4, 0.5) is 0 Å². The Morgan fingerprint density at radius 2 is 2.43 bits per heavy atom. The van der Waals surface area contributed by atoms with Crippen molar-refractivity contribution in [3.05, 3.63) is 12.3 Å². The molecule has 36 valence electrons. The van der Waals surface area contributed by atoms with Gasteiger partial charge in [0.1, 0.15) is 3.72 Å². The van der Waals surface area contributed by atoms with Crippen molar-refractivity contribution in [2.75, 3.05) is 0 Å². The van der Waals surface area contributed by atoms with Gasteiger partial charge in [-0.2, -0.15) is 0 Å². The summed E-state index contributed by atoms with van der Waals surface area (Å²) in [5.41, 5.74) is 0. The molecule has 0 spiro atoms. The van der Waals surface area contributed by atoms with E-state index in [1.54, 1.807) is 0 Å². The van der Waals surface area contributed by atoms with E-state index in [-0.39, 0.29) is 5.78 Å². The second-order valence-electron chi connectivity index (χ2n) is 1.10. The lowest BCUT2D eigenvalue weighted by Gasteiger charge is -1.74. The van der Waals surface area contributed by atoms with E-state index in [0.717, 1.165) is 0 Å². The van der Waals surface area contributed by atoms with E-state index in [1.165, 1.54) is 12.3 Å². The minimum Gasteiger partial charge on any atom is -0.287 e. The van der Waals surface area contributed by atoms with Crippen LogP contribution < -0.4 is 0 Å². The minimum absolute atomic E-state index is 0.0144. The van der Waals surface area contributed by atoms with Crippen molar-refractivity contribution in [1.29, 1.82) is 0 Å². The van der Waals surface area contributed by atoms with E-state index in [9.17, 15) is 4.79 Å². The van der Waals surface area contributed by atoms with Gasteiger partial charge in [-0.05, 0) is 22.6 Å². The van der Waals surface area contributed by atoms with Gasteiger partial charge in [0.25, 0.3) is 0 Å². The van der Waals surface area contributed by atoms with Gasteiger partial charge in [0.05, 0.1) is 0 Å². The fourth-order valence-electron chi connectivity index (χ4n) is 0.303. The van der Waals surface area contributed by atoms with Crippen molar-refractivity contribution >= 4 is 32.1 Å². The van der Waals surface area contributed by atoms with Crippen LogP contribution in [-0.4, -0.2) is 9.50 Å². The lowest BCUT2D eigenvalue weighted by atomic mass is 10.5. The minimum atomic E-state index is 0.0144. The average Bonchev–Trinajstić information content (AvgIpc) is 1.91. The quantitative estimate of drug-likeness (QED) is 0.543. The van der Waals surface area contributed by atoms with Crippen molar-refractivity contribution in [2.24, 2.45) is 4.99 Å². The Labute approximate surface area is 54.5 Å². The third kappa shape index (κ3) is 0.876. The molecule has 0 N–H and O–H groups in total. The van der Waals surface area contributed by atoms with Gasteiger partial charge in [-0.1, -0.05) is 0 Å². The van der Waals surface area contributed by atoms with Gasteiger partial charge in [-0.25, -0.2) is 4.99 Å². The van der Waals surface area contributed by atoms with Crippen LogP contribution in [0.2, 0.25) is 0 Å². The third-order valence-corrected chi connectivity index (χ3v) is 1.43. The van der Waals surface area contributed by atoms with E-state index < -0.39 is 0 Å². The van der Waals surface area contributed by atoms with Crippen LogP contribution in [0.1, 0.15) is 0 Å². The number of hydrogen-bond acceptors (Lipinski definition) is 2. The molecule has 0 saturated heterocycles. The highest BCUT2D eigenvalue weighted by Gasteiger charge is 2.05. The zero-order valence-electron chi connectivity index (χ0n) is 3.39. The van der Waals surface area contributed by atoms with Gasteiger partial charge >= 0.3 is 0 Å². The fourth-order valence-corrected chi connectivity index (χ4v) is 0.643. The smallest absolute Gasteiger partial charge is 0.211 e. The van der Waals surface area contributed by atoms with Crippen LogP contribution in [0, 0.1) is 0 Å². The van der Waals surface area contributed by atoms with E-state index in [2.05, 4.69) is 4.99 Å². The highest BCUT2D eigenvalue weighted by atomic mass is 127. The van der Waals surface area contributed by atoms with Gasteiger partial charge in [0, 0.05) is 12.3 Å². The van der Waals surface area contributed by atoms with Gasteiger partial charge in [0.2, 0.25) is 5.78 Å². The number of hydrogen-bond donors (Lipinski definition) is 0. The molecule has 0 unspecified atom stereocenters. The zero-order chi connectivity index (χ0) is 5.28. The maximum atomic E-state index is 10.3. The van der Waals surface area contributed by atoms with Crippen LogP contribution in [0.5, 0.6) is 0 Å². The molecule has 0 aliphatic carbocycles. The van der Waals surface area contributed by atoms with E-state index in [4.69, 9.17) is 0 Å². The predicted molar refractivity (Wildman–Crippen MR) is 35.6 cm³/mol. The molecule has 7 heavy (non-hydrogen) atoms. The average molecular weight is 207 g/mol. The highest BCUT2D eigenvalue weighted by Crippen LogP contribution is 2.01. The summed E-state index contributed by atoms with van der Waals surface area (Å²) in [6.07, 6.45) is 2.95. The molecule has 1 aliphatic heterocycles. The second-order valence-corrected chi connectivity index (χ2v) is 2.12. The number of halogens is 1. The number of allylic oxidation sites excluding steroid dienone is 1. The molecular formula is C4H2INO. The first-order chi connectivity index (χ1) is 3.30. The Morgan fingerprint density at radius 3 is 2.57 bits per heavy atom. The monoisotopic (exact) mass is 207 g/mol. The number of rotatable bonds is 0. The maximum Gasteiger partial charge on any atom is 0.211 e. The molecule has 0 aromatic heterocycles. The van der Waals surface area contributed by atoms with Crippen LogP contribution in [0.25, 0.3) is 0 Å². The van der Waals surface area contributed by atoms with Gasteiger partial charge in [0.15, 0.2) is 0 Å². The molecule has 2 nitrogen and oxygen atoms in total. The number of carbonyl (C=O) groups is 1. The lowest BCUT2D eigenvalue weighted by molar-refractivity contribution is -0.108. The lowest BCUT2D eigenvalue weighted by Crippen LogP contribution is -1.95. The predicted octanol–water partition coefficient (Wildman–Crippen LogP) is 0.916. The molecule has 0 amide bonds. The molecular weight excluding hydrogens is 205 g/mol.